The molecule has 2 rings (SSSR count). The van der Waals surface area contributed by atoms with Gasteiger partial charge in [-0.25, -0.2) is 0 Å². The minimum absolute atomic E-state index is 0.0832. The Morgan fingerprint density at radius 1 is 1.39 bits per heavy atom. The number of hydrogen-bond acceptors (Lipinski definition) is 3. The van der Waals surface area contributed by atoms with Gasteiger partial charge in [-0.05, 0) is 42.0 Å². The number of nitrogens with two attached hydrogens (primary N) is 1. The third-order valence-corrected chi connectivity index (χ3v) is 4.24. The van der Waals surface area contributed by atoms with Crippen LogP contribution in [0.4, 0.5) is 0 Å². The Kier molecular flexibility index (Phi) is 4.27. The molecule has 0 amide bonds. The van der Waals surface area contributed by atoms with Crippen molar-refractivity contribution in [2.24, 2.45) is 5.73 Å². The lowest BCUT2D eigenvalue weighted by Crippen LogP contribution is -2.13. The summed E-state index contributed by atoms with van der Waals surface area (Å²) in [6.45, 7) is 2.03. The summed E-state index contributed by atoms with van der Waals surface area (Å²) in [6.07, 6.45) is 0.718. The van der Waals surface area contributed by atoms with Gasteiger partial charge < -0.3 is 10.5 Å². The molecule has 18 heavy (non-hydrogen) atoms. The van der Waals surface area contributed by atoms with Gasteiger partial charge in [0.15, 0.2) is 0 Å². The van der Waals surface area contributed by atoms with Crippen LogP contribution in [0.1, 0.15) is 22.0 Å². The average molecular weight is 282 g/mol. The van der Waals surface area contributed by atoms with Gasteiger partial charge in [-0.2, -0.15) is 0 Å². The van der Waals surface area contributed by atoms with E-state index in [4.69, 9.17) is 22.1 Å². The number of ether oxygens (including phenoxy) is 1. The van der Waals surface area contributed by atoms with Crippen molar-refractivity contribution >= 4 is 22.9 Å². The molecule has 2 aromatic rings. The molecule has 96 valence electrons. The fourth-order valence-electron chi connectivity index (χ4n) is 1.90. The topological polar surface area (TPSA) is 35.2 Å². The first-order valence-electron chi connectivity index (χ1n) is 5.74. The van der Waals surface area contributed by atoms with E-state index < -0.39 is 0 Å². The highest BCUT2D eigenvalue weighted by Gasteiger charge is 2.15. The Bertz CT molecular complexity index is 538. The zero-order valence-electron chi connectivity index (χ0n) is 10.4. The highest BCUT2D eigenvalue weighted by Crippen LogP contribution is 2.32. The van der Waals surface area contributed by atoms with Gasteiger partial charge in [0.25, 0.3) is 0 Å². The highest BCUT2D eigenvalue weighted by molar-refractivity contribution is 7.10. The van der Waals surface area contributed by atoms with Gasteiger partial charge in [-0.1, -0.05) is 23.7 Å². The molecular formula is C14H16ClNOS. The molecule has 1 unspecified atom stereocenters. The van der Waals surface area contributed by atoms with Gasteiger partial charge >= 0.3 is 0 Å². The van der Waals surface area contributed by atoms with Crippen molar-refractivity contribution in [3.05, 3.63) is 50.7 Å². The first-order valence-corrected chi connectivity index (χ1v) is 6.99. The molecule has 1 aromatic carbocycles. The summed E-state index contributed by atoms with van der Waals surface area (Å²) in [7, 11) is 1.66. The van der Waals surface area contributed by atoms with Crippen LogP contribution >= 0.6 is 22.9 Å². The van der Waals surface area contributed by atoms with E-state index in [1.54, 1.807) is 18.4 Å². The van der Waals surface area contributed by atoms with E-state index in [1.165, 1.54) is 0 Å². The zero-order valence-corrected chi connectivity index (χ0v) is 12.0. The van der Waals surface area contributed by atoms with Gasteiger partial charge in [-0.15, -0.1) is 11.3 Å². The van der Waals surface area contributed by atoms with Crippen molar-refractivity contribution in [2.75, 3.05) is 7.11 Å². The van der Waals surface area contributed by atoms with Crippen molar-refractivity contribution in [2.45, 2.75) is 19.4 Å². The summed E-state index contributed by atoms with van der Waals surface area (Å²) in [6, 6.07) is 7.92. The molecule has 1 atom stereocenters. The van der Waals surface area contributed by atoms with E-state index in [0.717, 1.165) is 33.2 Å². The molecule has 0 aliphatic rings. The van der Waals surface area contributed by atoms with E-state index in [-0.39, 0.29) is 6.04 Å². The summed E-state index contributed by atoms with van der Waals surface area (Å²) in [4.78, 5) is 1.06. The molecule has 0 fully saturated rings. The van der Waals surface area contributed by atoms with E-state index in [1.807, 2.05) is 30.5 Å². The van der Waals surface area contributed by atoms with Crippen LogP contribution in [0.2, 0.25) is 5.02 Å². The highest BCUT2D eigenvalue weighted by atomic mass is 35.5. The molecule has 2 N–H and O–H groups in total. The number of hydrogen-bond donors (Lipinski definition) is 1. The van der Waals surface area contributed by atoms with Crippen LogP contribution in [-0.2, 0) is 6.42 Å². The minimum Gasteiger partial charge on any atom is -0.496 e. The molecule has 0 saturated carbocycles. The Balaban J connectivity index is 2.18. The molecule has 0 aliphatic heterocycles. The van der Waals surface area contributed by atoms with Crippen molar-refractivity contribution < 1.29 is 4.74 Å². The monoisotopic (exact) mass is 281 g/mol. The van der Waals surface area contributed by atoms with Crippen LogP contribution in [0.25, 0.3) is 0 Å². The summed E-state index contributed by atoms with van der Waals surface area (Å²) in [5.74, 6) is 0.857. The first-order chi connectivity index (χ1) is 8.61. The molecule has 4 heteroatoms. The molecular weight excluding hydrogens is 266 g/mol. The second kappa shape index (κ2) is 5.74. The predicted molar refractivity (Wildman–Crippen MR) is 77.7 cm³/mol. The fraction of sp³-hybridized carbons (Fsp3) is 0.286. The maximum atomic E-state index is 6.23. The molecule has 0 spiro atoms. The maximum Gasteiger partial charge on any atom is 0.134 e. The fourth-order valence-corrected chi connectivity index (χ4v) is 3.07. The van der Waals surface area contributed by atoms with Gasteiger partial charge in [-0.3, -0.25) is 0 Å². The third-order valence-electron chi connectivity index (χ3n) is 2.86. The lowest BCUT2D eigenvalue weighted by atomic mass is 10.0. The Labute approximate surface area is 116 Å². The van der Waals surface area contributed by atoms with Crippen LogP contribution in [0.5, 0.6) is 5.75 Å². The van der Waals surface area contributed by atoms with Gasteiger partial charge in [0.05, 0.1) is 12.0 Å². The Morgan fingerprint density at radius 3 is 2.83 bits per heavy atom. The normalized spacial score (nSPS) is 12.4. The molecule has 0 saturated heterocycles. The Hall–Kier alpha value is -1.03. The molecule has 1 heterocycles. The standard InChI is InChI=1S/C14H16ClNOS/c1-9-3-4-10(11(15)7-9)8-12(16)14-13(17-2)5-6-18-14/h3-7,12H,8,16H2,1-2H3. The van der Waals surface area contributed by atoms with Gasteiger partial charge in [0.2, 0.25) is 0 Å². The van der Waals surface area contributed by atoms with Crippen molar-refractivity contribution in [3.8, 4) is 5.75 Å². The lowest BCUT2D eigenvalue weighted by molar-refractivity contribution is 0.409. The number of halogens is 1. The molecule has 1 aromatic heterocycles. The second-order valence-electron chi connectivity index (χ2n) is 4.26. The van der Waals surface area contributed by atoms with Crippen LogP contribution in [0.3, 0.4) is 0 Å². The summed E-state index contributed by atoms with van der Waals surface area (Å²) >= 11 is 7.84. The molecule has 0 aliphatic carbocycles. The Morgan fingerprint density at radius 2 is 2.17 bits per heavy atom. The smallest absolute Gasteiger partial charge is 0.134 e. The van der Waals surface area contributed by atoms with Crippen LogP contribution in [0, 0.1) is 6.92 Å². The number of benzene rings is 1. The van der Waals surface area contributed by atoms with Crippen molar-refractivity contribution in [3.63, 3.8) is 0 Å². The van der Waals surface area contributed by atoms with Crippen molar-refractivity contribution in [1.82, 2.24) is 0 Å². The van der Waals surface area contributed by atoms with Crippen LogP contribution in [-0.4, -0.2) is 7.11 Å². The second-order valence-corrected chi connectivity index (χ2v) is 5.61. The zero-order chi connectivity index (χ0) is 13.1. The van der Waals surface area contributed by atoms with Gasteiger partial charge in [0, 0.05) is 11.1 Å². The summed E-state index contributed by atoms with van der Waals surface area (Å²) < 4.78 is 5.29. The molecule has 2 nitrogen and oxygen atoms in total. The molecule has 0 bridgehead atoms. The van der Waals surface area contributed by atoms with Crippen LogP contribution < -0.4 is 10.5 Å². The SMILES string of the molecule is COc1ccsc1C(N)Cc1ccc(C)cc1Cl. The van der Waals surface area contributed by atoms with E-state index in [2.05, 4.69) is 6.07 Å². The first kappa shape index (κ1) is 13.4. The van der Waals surface area contributed by atoms with Crippen LogP contribution in [0.15, 0.2) is 29.6 Å². The maximum absolute atomic E-state index is 6.23. The van der Waals surface area contributed by atoms with Crippen molar-refractivity contribution in [1.29, 1.82) is 0 Å². The quantitative estimate of drug-likeness (QED) is 0.921. The third kappa shape index (κ3) is 2.86. The van der Waals surface area contributed by atoms with E-state index in [0.29, 0.717) is 0 Å². The molecule has 0 radical (unpaired) electrons. The number of rotatable bonds is 4. The van der Waals surface area contributed by atoms with E-state index in [9.17, 15) is 0 Å². The predicted octanol–water partition coefficient (Wildman–Crippen LogP) is 3.96. The summed E-state index contributed by atoms with van der Waals surface area (Å²) in [5, 5.41) is 2.77. The lowest BCUT2D eigenvalue weighted by Gasteiger charge is -2.13. The average Bonchev–Trinajstić information content (AvgIpc) is 2.81. The van der Waals surface area contributed by atoms with E-state index >= 15 is 0 Å². The van der Waals surface area contributed by atoms with Gasteiger partial charge in [0.1, 0.15) is 5.75 Å². The number of aryl methyl sites for hydroxylation is 1. The summed E-state index contributed by atoms with van der Waals surface area (Å²) in [5.41, 5.74) is 8.46. The minimum atomic E-state index is -0.0832. The number of methoxy groups -OCH3 is 1. The largest absolute Gasteiger partial charge is 0.496 e. The number of thiophene rings is 1.